The lowest BCUT2D eigenvalue weighted by Crippen LogP contribution is -2.23. The Kier molecular flexibility index (Phi) is 4.44. The molecule has 0 unspecified atom stereocenters. The number of thiophene rings is 1. The summed E-state index contributed by atoms with van der Waals surface area (Å²) in [6, 6.07) is 7.89. The minimum absolute atomic E-state index is 0.152. The number of hydrogen-bond acceptors (Lipinski definition) is 6. The summed E-state index contributed by atoms with van der Waals surface area (Å²) >= 11 is 2.64. The molecule has 0 aliphatic rings. The van der Waals surface area contributed by atoms with Crippen LogP contribution < -0.4 is 11.1 Å². The van der Waals surface area contributed by atoms with Gasteiger partial charge in [-0.25, -0.2) is 14.4 Å². The molecule has 5 nitrogen and oxygen atoms in total. The molecule has 0 aliphatic heterocycles. The zero-order valence-corrected chi connectivity index (χ0v) is 13.7. The van der Waals surface area contributed by atoms with E-state index < -0.39 is 11.1 Å². The number of thioether (sulfide) groups is 1. The summed E-state index contributed by atoms with van der Waals surface area (Å²) in [4.78, 5) is 21.5. The van der Waals surface area contributed by atoms with Crippen LogP contribution in [-0.2, 0) is 4.79 Å². The molecular weight excluding hydrogens is 335 g/mol. The average Bonchev–Trinajstić information content (AvgIpc) is 2.98. The molecule has 1 aromatic carbocycles. The number of nitrogen functional groups attached to an aromatic ring is 1. The number of nitrogens with two attached hydrogens (primary N) is 1. The van der Waals surface area contributed by atoms with Gasteiger partial charge in [0.05, 0.1) is 16.3 Å². The molecule has 0 spiro atoms. The predicted octanol–water partition coefficient (Wildman–Crippen LogP) is 3.53. The van der Waals surface area contributed by atoms with E-state index in [2.05, 4.69) is 15.3 Å². The number of benzene rings is 1. The molecule has 2 heterocycles. The third kappa shape index (κ3) is 3.43. The Balaban J connectivity index is 1.73. The van der Waals surface area contributed by atoms with Crippen LogP contribution in [0.25, 0.3) is 10.2 Å². The van der Waals surface area contributed by atoms with E-state index in [1.807, 2.05) is 11.4 Å². The summed E-state index contributed by atoms with van der Waals surface area (Å²) in [5.41, 5.74) is 6.04. The molecule has 0 radical (unpaired) electrons. The van der Waals surface area contributed by atoms with Crippen molar-refractivity contribution in [2.45, 2.75) is 17.3 Å². The number of rotatable bonds is 4. The Hall–Kier alpha value is -2.19. The van der Waals surface area contributed by atoms with E-state index in [0.717, 1.165) is 10.2 Å². The topological polar surface area (TPSA) is 80.9 Å². The molecule has 0 saturated carbocycles. The second-order valence-electron chi connectivity index (χ2n) is 4.76. The number of carbonyl (C=O) groups excluding carboxylic acids is 1. The highest BCUT2D eigenvalue weighted by Crippen LogP contribution is 2.28. The number of halogens is 1. The van der Waals surface area contributed by atoms with Crippen LogP contribution in [0.15, 0.2) is 40.9 Å². The van der Waals surface area contributed by atoms with Crippen molar-refractivity contribution >= 4 is 50.7 Å². The monoisotopic (exact) mass is 348 g/mol. The molecule has 3 aromatic rings. The van der Waals surface area contributed by atoms with Crippen molar-refractivity contribution in [2.24, 2.45) is 0 Å². The molecule has 8 heteroatoms. The van der Waals surface area contributed by atoms with Gasteiger partial charge in [-0.15, -0.1) is 11.3 Å². The Morgan fingerprint density at radius 2 is 2.13 bits per heavy atom. The summed E-state index contributed by atoms with van der Waals surface area (Å²) in [6.45, 7) is 1.71. The Labute approximate surface area is 140 Å². The van der Waals surface area contributed by atoms with Crippen molar-refractivity contribution in [2.75, 3.05) is 11.1 Å². The number of carbonyl (C=O) groups is 1. The molecule has 0 saturated heterocycles. The first kappa shape index (κ1) is 15.7. The summed E-state index contributed by atoms with van der Waals surface area (Å²) < 4.78 is 13.6. The zero-order valence-electron chi connectivity index (χ0n) is 12.1. The molecule has 118 valence electrons. The van der Waals surface area contributed by atoms with Gasteiger partial charge in [-0.2, -0.15) is 0 Å². The van der Waals surface area contributed by atoms with Crippen molar-refractivity contribution < 1.29 is 9.18 Å². The summed E-state index contributed by atoms with van der Waals surface area (Å²) in [5.74, 6) is -0.410. The number of hydrogen-bond donors (Lipinski definition) is 2. The second-order valence-corrected chi connectivity index (χ2v) is 6.96. The van der Waals surface area contributed by atoms with Crippen LogP contribution in [0, 0.1) is 5.82 Å². The van der Waals surface area contributed by atoms with Crippen molar-refractivity contribution in [1.29, 1.82) is 0 Å². The second kappa shape index (κ2) is 6.51. The normalized spacial score (nSPS) is 12.3. The summed E-state index contributed by atoms with van der Waals surface area (Å²) in [5, 5.41) is 5.18. The predicted molar refractivity (Wildman–Crippen MR) is 92.2 cm³/mol. The van der Waals surface area contributed by atoms with Gasteiger partial charge >= 0.3 is 0 Å². The quantitative estimate of drug-likeness (QED) is 0.557. The van der Waals surface area contributed by atoms with Crippen molar-refractivity contribution in [3.8, 4) is 0 Å². The first-order valence-corrected chi connectivity index (χ1v) is 8.53. The van der Waals surface area contributed by atoms with Crippen LogP contribution in [0.4, 0.5) is 15.9 Å². The summed E-state index contributed by atoms with van der Waals surface area (Å²) in [6.07, 6.45) is 0. The minimum Gasteiger partial charge on any atom is -0.383 e. The molecular formula is C15H13FN4OS2. The third-order valence-electron chi connectivity index (χ3n) is 3.12. The maximum Gasteiger partial charge on any atom is 0.237 e. The number of aromatic nitrogens is 2. The molecule has 1 atom stereocenters. The minimum atomic E-state index is -0.494. The van der Waals surface area contributed by atoms with Crippen molar-refractivity contribution in [3.63, 3.8) is 0 Å². The highest BCUT2D eigenvalue weighted by molar-refractivity contribution is 8.00. The fourth-order valence-corrected chi connectivity index (χ4v) is 3.53. The number of amides is 1. The van der Waals surface area contributed by atoms with Crippen LogP contribution in [0.1, 0.15) is 6.92 Å². The van der Waals surface area contributed by atoms with Gasteiger partial charge in [0.25, 0.3) is 0 Å². The van der Waals surface area contributed by atoms with Crippen LogP contribution in [0.3, 0.4) is 0 Å². The van der Waals surface area contributed by atoms with E-state index in [4.69, 9.17) is 5.73 Å². The molecule has 2 aromatic heterocycles. The van der Waals surface area contributed by atoms with E-state index >= 15 is 0 Å². The van der Waals surface area contributed by atoms with E-state index in [1.54, 1.807) is 19.1 Å². The van der Waals surface area contributed by atoms with Gasteiger partial charge in [-0.05, 0) is 30.5 Å². The Morgan fingerprint density at radius 1 is 1.35 bits per heavy atom. The molecule has 0 bridgehead atoms. The molecule has 0 aliphatic carbocycles. The number of anilines is 2. The van der Waals surface area contributed by atoms with Gasteiger partial charge in [-0.1, -0.05) is 23.9 Å². The van der Waals surface area contributed by atoms with E-state index in [-0.39, 0.29) is 11.6 Å². The van der Waals surface area contributed by atoms with Gasteiger partial charge in [0, 0.05) is 0 Å². The standard InChI is InChI=1S/C15H13FN4OS2/c1-8(13(21)18-11-5-3-2-4-10(11)16)23-15-19-12(17)9-6-7-22-14(9)20-15/h2-8H,1H3,(H,18,21)(H2,17,19,20)/t8-/m0/s1. The first-order valence-electron chi connectivity index (χ1n) is 6.77. The average molecular weight is 348 g/mol. The Morgan fingerprint density at radius 3 is 2.91 bits per heavy atom. The first-order chi connectivity index (χ1) is 11.0. The molecule has 1 amide bonds. The van der Waals surface area contributed by atoms with Crippen LogP contribution >= 0.6 is 23.1 Å². The largest absolute Gasteiger partial charge is 0.383 e. The van der Waals surface area contributed by atoms with Crippen LogP contribution in [0.2, 0.25) is 0 Å². The molecule has 23 heavy (non-hydrogen) atoms. The fourth-order valence-electron chi connectivity index (χ4n) is 1.92. The lowest BCUT2D eigenvalue weighted by molar-refractivity contribution is -0.115. The van der Waals surface area contributed by atoms with Gasteiger partial charge in [-0.3, -0.25) is 4.79 Å². The van der Waals surface area contributed by atoms with Gasteiger partial charge in [0.15, 0.2) is 5.16 Å². The Bertz CT molecular complexity index is 868. The van der Waals surface area contributed by atoms with Gasteiger partial charge in [0.2, 0.25) is 5.91 Å². The molecule has 3 rings (SSSR count). The SMILES string of the molecule is C[C@H](Sc1nc(N)c2ccsc2n1)C(=O)Nc1ccccc1F. The molecule has 3 N–H and O–H groups in total. The molecule has 0 fully saturated rings. The zero-order chi connectivity index (χ0) is 16.4. The van der Waals surface area contributed by atoms with Crippen LogP contribution in [0.5, 0.6) is 0 Å². The highest BCUT2D eigenvalue weighted by Gasteiger charge is 2.18. The van der Waals surface area contributed by atoms with E-state index in [0.29, 0.717) is 11.0 Å². The number of fused-ring (bicyclic) bond motifs is 1. The van der Waals surface area contributed by atoms with Crippen molar-refractivity contribution in [1.82, 2.24) is 9.97 Å². The van der Waals surface area contributed by atoms with E-state index in [1.165, 1.54) is 35.2 Å². The highest BCUT2D eigenvalue weighted by atomic mass is 32.2. The van der Waals surface area contributed by atoms with Gasteiger partial charge in [0.1, 0.15) is 16.5 Å². The van der Waals surface area contributed by atoms with E-state index in [9.17, 15) is 9.18 Å². The third-order valence-corrected chi connectivity index (χ3v) is 4.88. The number of para-hydroxylation sites is 1. The maximum absolute atomic E-state index is 13.6. The van der Waals surface area contributed by atoms with Crippen LogP contribution in [-0.4, -0.2) is 21.1 Å². The maximum atomic E-state index is 13.6. The van der Waals surface area contributed by atoms with Gasteiger partial charge < -0.3 is 11.1 Å². The number of nitrogens with one attached hydrogen (secondary N) is 1. The number of nitrogens with zero attached hydrogens (tertiary/aromatic N) is 2. The smallest absolute Gasteiger partial charge is 0.237 e. The fraction of sp³-hybridized carbons (Fsp3) is 0.133. The van der Waals surface area contributed by atoms with Crippen molar-refractivity contribution in [3.05, 3.63) is 41.5 Å². The summed E-state index contributed by atoms with van der Waals surface area (Å²) in [7, 11) is 0. The lowest BCUT2D eigenvalue weighted by atomic mass is 10.3. The lowest BCUT2D eigenvalue weighted by Gasteiger charge is -2.12.